The second kappa shape index (κ2) is 6.20. The minimum absolute atomic E-state index is 0.222. The van der Waals surface area contributed by atoms with Crippen LogP contribution in [0.2, 0.25) is 0 Å². The van der Waals surface area contributed by atoms with Crippen LogP contribution in [0.4, 0.5) is 4.39 Å². The number of hydrogen-bond donors (Lipinski definition) is 0. The van der Waals surface area contributed by atoms with E-state index in [-0.39, 0.29) is 5.82 Å². The molecule has 1 aliphatic heterocycles. The van der Waals surface area contributed by atoms with Crippen LogP contribution in [0.25, 0.3) is 0 Å². The molecule has 0 N–H and O–H groups in total. The molecule has 6 heteroatoms. The third kappa shape index (κ3) is 3.56. The van der Waals surface area contributed by atoms with Crippen molar-refractivity contribution >= 4 is 10.2 Å². The fraction of sp³-hybridized carbons (Fsp3) is 0.571. The van der Waals surface area contributed by atoms with E-state index in [0.29, 0.717) is 19.0 Å². The molecule has 1 saturated heterocycles. The normalized spacial score (nSPS) is 18.6. The van der Waals surface area contributed by atoms with Gasteiger partial charge in [-0.2, -0.15) is 17.0 Å². The molecule has 20 heavy (non-hydrogen) atoms. The van der Waals surface area contributed by atoms with Gasteiger partial charge in [0, 0.05) is 27.2 Å². The highest BCUT2D eigenvalue weighted by atomic mass is 32.2. The molecule has 0 saturated carbocycles. The van der Waals surface area contributed by atoms with E-state index in [1.54, 1.807) is 26.2 Å². The topological polar surface area (TPSA) is 40.6 Å². The lowest BCUT2D eigenvalue weighted by molar-refractivity contribution is 0.262. The number of rotatable bonds is 4. The molecule has 1 aliphatic rings. The molecule has 0 atom stereocenters. The summed E-state index contributed by atoms with van der Waals surface area (Å²) < 4.78 is 39.6. The van der Waals surface area contributed by atoms with Crippen molar-refractivity contribution in [1.29, 1.82) is 0 Å². The first-order valence-electron chi connectivity index (χ1n) is 6.81. The van der Waals surface area contributed by atoms with Gasteiger partial charge in [0.2, 0.25) is 0 Å². The molecule has 1 heterocycles. The van der Waals surface area contributed by atoms with Gasteiger partial charge >= 0.3 is 0 Å². The molecule has 0 radical (unpaired) electrons. The summed E-state index contributed by atoms with van der Waals surface area (Å²) in [6, 6.07) is 6.55. The predicted octanol–water partition coefficient (Wildman–Crippen LogP) is 1.89. The van der Waals surface area contributed by atoms with Crippen molar-refractivity contribution in [2.24, 2.45) is 5.92 Å². The SMILES string of the molecule is CN(C)S(=O)(=O)N1CCC(Cc2ccc(F)cc2)CC1. The van der Waals surface area contributed by atoms with E-state index in [1.165, 1.54) is 20.7 Å². The van der Waals surface area contributed by atoms with Crippen LogP contribution in [-0.2, 0) is 16.6 Å². The molecule has 1 fully saturated rings. The van der Waals surface area contributed by atoms with Crippen LogP contribution >= 0.6 is 0 Å². The lowest BCUT2D eigenvalue weighted by Gasteiger charge is -2.32. The van der Waals surface area contributed by atoms with Crippen molar-refractivity contribution in [3.8, 4) is 0 Å². The highest BCUT2D eigenvalue weighted by Gasteiger charge is 2.29. The van der Waals surface area contributed by atoms with Crippen molar-refractivity contribution in [3.05, 3.63) is 35.6 Å². The molecule has 0 unspecified atom stereocenters. The minimum atomic E-state index is -3.28. The van der Waals surface area contributed by atoms with Crippen LogP contribution in [0.15, 0.2) is 24.3 Å². The third-order valence-corrected chi connectivity index (χ3v) is 5.74. The summed E-state index contributed by atoms with van der Waals surface area (Å²) in [7, 11) is -0.174. The zero-order valence-corrected chi connectivity index (χ0v) is 12.7. The van der Waals surface area contributed by atoms with Gasteiger partial charge in [0.25, 0.3) is 10.2 Å². The highest BCUT2D eigenvalue weighted by Crippen LogP contribution is 2.24. The van der Waals surface area contributed by atoms with Crippen molar-refractivity contribution in [3.63, 3.8) is 0 Å². The van der Waals surface area contributed by atoms with E-state index in [0.717, 1.165) is 24.8 Å². The number of halogens is 1. The van der Waals surface area contributed by atoms with Gasteiger partial charge in [0.05, 0.1) is 0 Å². The molecule has 1 aromatic rings. The van der Waals surface area contributed by atoms with Crippen LogP contribution in [0, 0.1) is 11.7 Å². The molecule has 4 nitrogen and oxygen atoms in total. The number of nitrogens with zero attached hydrogens (tertiary/aromatic N) is 2. The van der Waals surface area contributed by atoms with Crippen LogP contribution in [0.3, 0.4) is 0 Å². The van der Waals surface area contributed by atoms with Gasteiger partial charge in [-0.1, -0.05) is 12.1 Å². The molecule has 0 bridgehead atoms. The maximum atomic E-state index is 12.8. The summed E-state index contributed by atoms with van der Waals surface area (Å²) in [6.45, 7) is 1.12. The van der Waals surface area contributed by atoms with Gasteiger partial charge in [-0.15, -0.1) is 0 Å². The molecular weight excluding hydrogens is 279 g/mol. The third-order valence-electron chi connectivity index (χ3n) is 3.80. The van der Waals surface area contributed by atoms with Gasteiger partial charge in [-0.05, 0) is 42.9 Å². The van der Waals surface area contributed by atoms with Gasteiger partial charge in [0.15, 0.2) is 0 Å². The molecule has 112 valence electrons. The van der Waals surface area contributed by atoms with Crippen LogP contribution in [0.5, 0.6) is 0 Å². The first-order chi connectivity index (χ1) is 9.39. The van der Waals surface area contributed by atoms with E-state index in [9.17, 15) is 12.8 Å². The zero-order valence-electron chi connectivity index (χ0n) is 11.9. The number of benzene rings is 1. The van der Waals surface area contributed by atoms with Gasteiger partial charge in [-0.25, -0.2) is 4.39 Å². The monoisotopic (exact) mass is 300 g/mol. The molecule has 0 aromatic heterocycles. The Bertz CT molecular complexity index is 535. The Morgan fingerprint density at radius 2 is 1.75 bits per heavy atom. The zero-order chi connectivity index (χ0) is 14.8. The Labute approximate surface area is 120 Å². The quantitative estimate of drug-likeness (QED) is 0.852. The van der Waals surface area contributed by atoms with Crippen LogP contribution in [-0.4, -0.2) is 44.2 Å². The second-order valence-electron chi connectivity index (χ2n) is 5.46. The van der Waals surface area contributed by atoms with E-state index in [4.69, 9.17) is 0 Å². The fourth-order valence-electron chi connectivity index (χ4n) is 2.53. The molecular formula is C14H21FN2O2S. The smallest absolute Gasteiger partial charge is 0.207 e. The van der Waals surface area contributed by atoms with Crippen molar-refractivity contribution < 1.29 is 12.8 Å². The van der Waals surface area contributed by atoms with E-state index < -0.39 is 10.2 Å². The van der Waals surface area contributed by atoms with Crippen LogP contribution < -0.4 is 0 Å². The van der Waals surface area contributed by atoms with Gasteiger partial charge < -0.3 is 0 Å². The summed E-state index contributed by atoms with van der Waals surface area (Å²) in [5.41, 5.74) is 1.11. The Morgan fingerprint density at radius 1 is 1.20 bits per heavy atom. The first-order valence-corrected chi connectivity index (χ1v) is 8.21. The molecule has 0 aliphatic carbocycles. The Kier molecular flexibility index (Phi) is 4.78. The lowest BCUT2D eigenvalue weighted by atomic mass is 9.91. The van der Waals surface area contributed by atoms with Crippen molar-refractivity contribution in [1.82, 2.24) is 8.61 Å². The molecule has 2 rings (SSSR count). The summed E-state index contributed by atoms with van der Waals surface area (Å²) in [6.07, 6.45) is 2.59. The molecule has 1 aromatic carbocycles. The maximum Gasteiger partial charge on any atom is 0.281 e. The summed E-state index contributed by atoms with van der Waals surface area (Å²) >= 11 is 0. The minimum Gasteiger partial charge on any atom is -0.207 e. The standard InChI is InChI=1S/C14H21FN2O2S/c1-16(2)20(18,19)17-9-7-13(8-10-17)11-12-3-5-14(15)6-4-12/h3-6,13H,7-11H2,1-2H3. The predicted molar refractivity (Wildman–Crippen MR) is 77.0 cm³/mol. The van der Waals surface area contributed by atoms with E-state index in [1.807, 2.05) is 0 Å². The van der Waals surface area contributed by atoms with E-state index in [2.05, 4.69) is 0 Å². The second-order valence-corrected chi connectivity index (χ2v) is 7.61. The average molecular weight is 300 g/mol. The summed E-state index contributed by atoms with van der Waals surface area (Å²) in [5.74, 6) is 0.245. The Hall–Kier alpha value is -0.980. The Morgan fingerprint density at radius 3 is 2.25 bits per heavy atom. The summed E-state index contributed by atoms with van der Waals surface area (Å²) in [4.78, 5) is 0. The fourth-order valence-corrected chi connectivity index (χ4v) is 3.66. The van der Waals surface area contributed by atoms with Crippen molar-refractivity contribution in [2.75, 3.05) is 27.2 Å². The van der Waals surface area contributed by atoms with Crippen molar-refractivity contribution in [2.45, 2.75) is 19.3 Å². The first kappa shape index (κ1) is 15.4. The van der Waals surface area contributed by atoms with E-state index >= 15 is 0 Å². The van der Waals surface area contributed by atoms with Crippen LogP contribution in [0.1, 0.15) is 18.4 Å². The largest absolute Gasteiger partial charge is 0.281 e. The van der Waals surface area contributed by atoms with Gasteiger partial charge in [-0.3, -0.25) is 0 Å². The maximum absolute atomic E-state index is 12.8. The molecule has 0 spiro atoms. The van der Waals surface area contributed by atoms with Gasteiger partial charge in [0.1, 0.15) is 5.82 Å². The summed E-state index contributed by atoms with van der Waals surface area (Å²) in [5, 5.41) is 0. The number of piperidine rings is 1. The Balaban J connectivity index is 1.90. The average Bonchev–Trinajstić information content (AvgIpc) is 2.42. The lowest BCUT2D eigenvalue weighted by Crippen LogP contribution is -2.44. The molecule has 0 amide bonds. The highest BCUT2D eigenvalue weighted by molar-refractivity contribution is 7.86. The number of hydrogen-bond acceptors (Lipinski definition) is 2.